The second kappa shape index (κ2) is 8.06. The maximum Gasteiger partial charge on any atom is 0.335 e. The third kappa shape index (κ3) is 5.27. The third-order valence-electron chi connectivity index (χ3n) is 3.81. The van der Waals surface area contributed by atoms with E-state index in [-0.39, 0.29) is 24.1 Å². The van der Waals surface area contributed by atoms with Crippen molar-refractivity contribution < 1.29 is 27.4 Å². The van der Waals surface area contributed by atoms with Gasteiger partial charge in [0.05, 0.1) is 5.56 Å². The third-order valence-corrected chi connectivity index (χ3v) is 5.29. The van der Waals surface area contributed by atoms with Crippen LogP contribution in [-0.4, -0.2) is 32.6 Å². The first kappa shape index (κ1) is 20.9. The fourth-order valence-corrected chi connectivity index (χ4v) is 3.58. The quantitative estimate of drug-likeness (QED) is 0.703. The van der Waals surface area contributed by atoms with Crippen molar-refractivity contribution in [1.29, 1.82) is 0 Å². The lowest BCUT2D eigenvalue weighted by Crippen LogP contribution is -2.29. The summed E-state index contributed by atoms with van der Waals surface area (Å²) in [4.78, 5) is 10.3. The zero-order chi connectivity index (χ0) is 20.2. The summed E-state index contributed by atoms with van der Waals surface area (Å²) in [6.07, 6.45) is 0. The number of aromatic carboxylic acids is 1. The van der Waals surface area contributed by atoms with Gasteiger partial charge in [-0.3, -0.25) is 0 Å². The molecule has 2 rings (SSSR count). The van der Waals surface area contributed by atoms with E-state index in [0.717, 1.165) is 23.8 Å². The van der Waals surface area contributed by atoms with Gasteiger partial charge in [0.2, 0.25) is 10.0 Å². The molecule has 146 valence electrons. The van der Waals surface area contributed by atoms with Crippen LogP contribution in [-0.2, 0) is 15.4 Å². The number of ether oxygens (including phenoxy) is 1. The number of hydrogen-bond donors (Lipinski definition) is 2. The monoisotopic (exact) mass is 395 g/mol. The Kier molecular flexibility index (Phi) is 6.22. The smallest absolute Gasteiger partial charge is 0.335 e. The minimum absolute atomic E-state index is 0.0343. The summed E-state index contributed by atoms with van der Waals surface area (Å²) >= 11 is 0. The van der Waals surface area contributed by atoms with E-state index in [0.29, 0.717) is 5.75 Å². The Balaban J connectivity index is 2.06. The molecule has 27 heavy (non-hydrogen) atoms. The molecule has 0 saturated carbocycles. The number of carbonyl (C=O) groups is 1. The van der Waals surface area contributed by atoms with Crippen LogP contribution in [0.15, 0.2) is 47.4 Å². The molecule has 0 fully saturated rings. The van der Waals surface area contributed by atoms with E-state index in [1.807, 2.05) is 39.0 Å². The molecule has 0 aliphatic heterocycles. The summed E-state index contributed by atoms with van der Waals surface area (Å²) in [6, 6.07) is 10.1. The number of nitrogens with one attached hydrogen (secondary N) is 1. The number of para-hydroxylation sites is 1. The van der Waals surface area contributed by atoms with Crippen LogP contribution in [0.2, 0.25) is 0 Å². The Bertz CT molecular complexity index is 935. The predicted molar refractivity (Wildman–Crippen MR) is 99.2 cm³/mol. The minimum Gasteiger partial charge on any atom is -0.492 e. The van der Waals surface area contributed by atoms with Crippen LogP contribution in [0.3, 0.4) is 0 Å². The van der Waals surface area contributed by atoms with E-state index in [1.54, 1.807) is 6.07 Å². The first-order valence-corrected chi connectivity index (χ1v) is 9.75. The zero-order valence-corrected chi connectivity index (χ0v) is 16.1. The number of halogens is 1. The van der Waals surface area contributed by atoms with Crippen LogP contribution in [0.1, 0.15) is 36.7 Å². The molecule has 0 unspecified atom stereocenters. The van der Waals surface area contributed by atoms with Gasteiger partial charge in [-0.15, -0.1) is 0 Å². The highest BCUT2D eigenvalue weighted by Gasteiger charge is 2.21. The summed E-state index contributed by atoms with van der Waals surface area (Å²) in [5.74, 6) is -1.72. The van der Waals surface area contributed by atoms with Gasteiger partial charge in [0, 0.05) is 6.54 Å². The summed E-state index contributed by atoms with van der Waals surface area (Å²) < 4.78 is 46.3. The van der Waals surface area contributed by atoms with E-state index in [1.165, 1.54) is 0 Å². The SMILES string of the molecule is CC(C)(C)c1ccccc1OCCNS(=O)(=O)c1cc(C(=O)O)ccc1F. The molecule has 6 nitrogen and oxygen atoms in total. The normalized spacial score (nSPS) is 12.0. The van der Waals surface area contributed by atoms with Crippen molar-refractivity contribution in [2.75, 3.05) is 13.2 Å². The Morgan fingerprint density at radius 2 is 1.85 bits per heavy atom. The average Bonchev–Trinajstić information content (AvgIpc) is 2.58. The number of benzene rings is 2. The largest absolute Gasteiger partial charge is 0.492 e. The number of carboxylic acid groups (broad SMARTS) is 1. The number of carboxylic acids is 1. The lowest BCUT2D eigenvalue weighted by Gasteiger charge is -2.22. The fourth-order valence-electron chi connectivity index (χ4n) is 2.47. The van der Waals surface area contributed by atoms with E-state index >= 15 is 0 Å². The Labute approximate surface area is 158 Å². The van der Waals surface area contributed by atoms with Gasteiger partial charge in [0.1, 0.15) is 23.1 Å². The van der Waals surface area contributed by atoms with Gasteiger partial charge in [-0.1, -0.05) is 39.0 Å². The van der Waals surface area contributed by atoms with Gasteiger partial charge in [0.25, 0.3) is 0 Å². The van der Waals surface area contributed by atoms with Crippen molar-refractivity contribution >= 4 is 16.0 Å². The van der Waals surface area contributed by atoms with Crippen molar-refractivity contribution in [2.45, 2.75) is 31.1 Å². The standard InChI is InChI=1S/C19H22FNO5S/c1-19(2,3)14-6-4-5-7-16(14)26-11-10-21-27(24,25)17-12-13(18(22)23)8-9-15(17)20/h4-9,12,21H,10-11H2,1-3H3,(H,22,23). The summed E-state index contributed by atoms with van der Waals surface area (Å²) in [6.45, 7) is 6.05. The summed E-state index contributed by atoms with van der Waals surface area (Å²) in [7, 11) is -4.21. The highest BCUT2D eigenvalue weighted by molar-refractivity contribution is 7.89. The van der Waals surface area contributed by atoms with E-state index in [2.05, 4.69) is 4.72 Å². The number of hydrogen-bond acceptors (Lipinski definition) is 4. The van der Waals surface area contributed by atoms with Crippen LogP contribution in [0.25, 0.3) is 0 Å². The molecule has 2 aromatic carbocycles. The molecule has 2 aromatic rings. The molecule has 0 amide bonds. The van der Waals surface area contributed by atoms with Gasteiger partial charge < -0.3 is 9.84 Å². The molecular weight excluding hydrogens is 373 g/mol. The Morgan fingerprint density at radius 3 is 2.48 bits per heavy atom. The second-order valence-electron chi connectivity index (χ2n) is 6.94. The van der Waals surface area contributed by atoms with Crippen LogP contribution < -0.4 is 9.46 Å². The number of rotatable bonds is 7. The van der Waals surface area contributed by atoms with Crippen LogP contribution in [0, 0.1) is 5.82 Å². The summed E-state index contributed by atoms with van der Waals surface area (Å²) in [5.41, 5.74) is 0.524. The molecule has 0 heterocycles. The van der Waals surface area contributed by atoms with E-state index in [9.17, 15) is 17.6 Å². The molecule has 0 aliphatic rings. The molecule has 0 spiro atoms. The van der Waals surface area contributed by atoms with Crippen molar-refractivity contribution in [3.63, 3.8) is 0 Å². The molecule has 8 heteroatoms. The zero-order valence-electron chi connectivity index (χ0n) is 15.3. The summed E-state index contributed by atoms with van der Waals surface area (Å²) in [5, 5.41) is 8.94. The minimum atomic E-state index is -4.21. The second-order valence-corrected chi connectivity index (χ2v) is 8.68. The van der Waals surface area contributed by atoms with Gasteiger partial charge in [-0.2, -0.15) is 0 Å². The number of sulfonamides is 1. The Morgan fingerprint density at radius 1 is 1.19 bits per heavy atom. The highest BCUT2D eigenvalue weighted by atomic mass is 32.2. The molecule has 0 bridgehead atoms. The van der Waals surface area contributed by atoms with Gasteiger partial charge in [-0.05, 0) is 35.2 Å². The van der Waals surface area contributed by atoms with Gasteiger partial charge in [-0.25, -0.2) is 22.3 Å². The molecule has 0 aromatic heterocycles. The first-order chi connectivity index (χ1) is 12.5. The van der Waals surface area contributed by atoms with Crippen molar-refractivity contribution in [2.24, 2.45) is 0 Å². The maximum atomic E-state index is 13.8. The highest BCUT2D eigenvalue weighted by Crippen LogP contribution is 2.30. The molecule has 2 N–H and O–H groups in total. The van der Waals surface area contributed by atoms with E-state index < -0.39 is 26.7 Å². The molecule has 0 saturated heterocycles. The van der Waals surface area contributed by atoms with Crippen molar-refractivity contribution in [1.82, 2.24) is 4.72 Å². The lowest BCUT2D eigenvalue weighted by atomic mass is 9.86. The maximum absolute atomic E-state index is 13.8. The molecular formula is C19H22FNO5S. The van der Waals surface area contributed by atoms with E-state index in [4.69, 9.17) is 9.84 Å². The molecule has 0 radical (unpaired) electrons. The van der Waals surface area contributed by atoms with Crippen LogP contribution >= 0.6 is 0 Å². The van der Waals surface area contributed by atoms with Crippen LogP contribution in [0.5, 0.6) is 5.75 Å². The average molecular weight is 395 g/mol. The van der Waals surface area contributed by atoms with Crippen molar-refractivity contribution in [3.8, 4) is 5.75 Å². The predicted octanol–water partition coefficient (Wildman–Crippen LogP) is 3.18. The van der Waals surface area contributed by atoms with Gasteiger partial charge >= 0.3 is 5.97 Å². The van der Waals surface area contributed by atoms with Crippen molar-refractivity contribution in [3.05, 3.63) is 59.4 Å². The molecule has 0 aliphatic carbocycles. The topological polar surface area (TPSA) is 92.7 Å². The first-order valence-electron chi connectivity index (χ1n) is 8.27. The fraction of sp³-hybridized carbons (Fsp3) is 0.316. The Hall–Kier alpha value is -2.45. The molecule has 0 atom stereocenters. The van der Waals surface area contributed by atoms with Gasteiger partial charge in [0.15, 0.2) is 0 Å². The lowest BCUT2D eigenvalue weighted by molar-refractivity contribution is 0.0696. The van der Waals surface area contributed by atoms with Crippen LogP contribution in [0.4, 0.5) is 4.39 Å².